The molecule has 0 amide bonds. The Morgan fingerprint density at radius 1 is 1.11 bits per heavy atom. The van der Waals surface area contributed by atoms with Crippen LogP contribution in [0.2, 0.25) is 0 Å². The second-order valence-electron chi connectivity index (χ2n) is 6.91. The molecule has 0 aromatic heterocycles. The number of carbonyl (C=O) groups is 1. The van der Waals surface area contributed by atoms with Gasteiger partial charge in [-0.15, -0.1) is 0 Å². The first-order valence-electron chi connectivity index (χ1n) is 7.57. The molecule has 0 aliphatic heterocycles. The van der Waals surface area contributed by atoms with Crippen molar-refractivity contribution in [2.45, 2.75) is 32.1 Å². The van der Waals surface area contributed by atoms with Crippen molar-refractivity contribution in [3.63, 3.8) is 0 Å². The monoisotopic (exact) mass is 246 g/mol. The quantitative estimate of drug-likeness (QED) is 0.434. The van der Waals surface area contributed by atoms with E-state index in [0.29, 0.717) is 12.5 Å². The van der Waals surface area contributed by atoms with Crippen molar-refractivity contribution in [1.29, 1.82) is 0 Å². The van der Waals surface area contributed by atoms with Gasteiger partial charge in [-0.1, -0.05) is 12.7 Å². The largest absolute Gasteiger partial charge is 0.461 e. The third-order valence-corrected chi connectivity index (χ3v) is 6.38. The third kappa shape index (κ3) is 1.32. The molecule has 0 heterocycles. The minimum atomic E-state index is 0.0589. The molecule has 4 aliphatic rings. The van der Waals surface area contributed by atoms with E-state index in [9.17, 15) is 4.79 Å². The van der Waals surface area contributed by atoms with Crippen LogP contribution in [0.4, 0.5) is 0 Å². The molecule has 0 aromatic carbocycles. The molecular formula is C16H22O2. The fourth-order valence-electron chi connectivity index (χ4n) is 6.08. The van der Waals surface area contributed by atoms with Crippen LogP contribution in [0.25, 0.3) is 0 Å². The highest BCUT2D eigenvalue weighted by molar-refractivity contribution is 5.73. The maximum atomic E-state index is 12.1. The predicted molar refractivity (Wildman–Crippen MR) is 68.7 cm³/mol. The SMILES string of the molecule is C=CCOC(=O)C1C[C@H]2C[C@@H]1[C@@H]1[C@H]3CC[C@H](C3)[C@H]21. The van der Waals surface area contributed by atoms with Gasteiger partial charge in [0.05, 0.1) is 5.92 Å². The number of hydrogen-bond donors (Lipinski definition) is 0. The number of esters is 1. The molecule has 2 heteroatoms. The second kappa shape index (κ2) is 3.85. The Hall–Kier alpha value is -0.790. The van der Waals surface area contributed by atoms with E-state index in [4.69, 9.17) is 4.74 Å². The molecule has 0 aromatic rings. The van der Waals surface area contributed by atoms with Crippen molar-refractivity contribution in [2.24, 2.45) is 41.4 Å². The highest BCUT2D eigenvalue weighted by atomic mass is 16.5. The Morgan fingerprint density at radius 2 is 1.89 bits per heavy atom. The lowest BCUT2D eigenvalue weighted by Gasteiger charge is -2.37. The lowest BCUT2D eigenvalue weighted by molar-refractivity contribution is -0.150. The third-order valence-electron chi connectivity index (χ3n) is 6.38. The molecule has 4 rings (SSSR count). The molecular weight excluding hydrogens is 224 g/mol. The van der Waals surface area contributed by atoms with Crippen molar-refractivity contribution in [1.82, 2.24) is 0 Å². The van der Waals surface area contributed by atoms with E-state index in [1.54, 1.807) is 6.08 Å². The maximum Gasteiger partial charge on any atom is 0.309 e. The van der Waals surface area contributed by atoms with Crippen LogP contribution in [0.3, 0.4) is 0 Å². The lowest BCUT2D eigenvalue weighted by atomic mass is 9.67. The zero-order chi connectivity index (χ0) is 12.3. The molecule has 98 valence electrons. The van der Waals surface area contributed by atoms with Crippen molar-refractivity contribution in [3.8, 4) is 0 Å². The molecule has 0 radical (unpaired) electrons. The Labute approximate surface area is 109 Å². The summed E-state index contributed by atoms with van der Waals surface area (Å²) in [6, 6.07) is 0. The molecule has 0 spiro atoms. The van der Waals surface area contributed by atoms with Gasteiger partial charge in [-0.2, -0.15) is 0 Å². The molecule has 4 fully saturated rings. The van der Waals surface area contributed by atoms with Crippen molar-refractivity contribution < 1.29 is 9.53 Å². The first-order valence-corrected chi connectivity index (χ1v) is 7.57. The molecule has 4 aliphatic carbocycles. The van der Waals surface area contributed by atoms with Crippen LogP contribution in [-0.2, 0) is 9.53 Å². The zero-order valence-corrected chi connectivity index (χ0v) is 10.9. The van der Waals surface area contributed by atoms with Gasteiger partial charge in [-0.25, -0.2) is 0 Å². The summed E-state index contributed by atoms with van der Waals surface area (Å²) in [7, 11) is 0. The van der Waals surface area contributed by atoms with Gasteiger partial charge in [-0.3, -0.25) is 4.79 Å². The van der Waals surface area contributed by atoms with E-state index in [1.165, 1.54) is 25.7 Å². The van der Waals surface area contributed by atoms with Crippen LogP contribution < -0.4 is 0 Å². The van der Waals surface area contributed by atoms with E-state index in [2.05, 4.69) is 6.58 Å². The molecule has 4 bridgehead atoms. The van der Waals surface area contributed by atoms with E-state index in [-0.39, 0.29) is 11.9 Å². The standard InChI is InChI=1S/C16H22O2/c1-2-5-18-16(17)13-8-11-7-12(13)15-10-4-3-9(6-10)14(11)15/h2,9-15H,1,3-8H2/t9-,10+,11-,12+,13?,14-,15+/m1/s1. The van der Waals surface area contributed by atoms with Gasteiger partial charge in [-0.05, 0) is 67.6 Å². The van der Waals surface area contributed by atoms with E-state index in [1.807, 2.05) is 0 Å². The summed E-state index contributed by atoms with van der Waals surface area (Å²) in [5, 5.41) is 0. The average molecular weight is 246 g/mol. The summed E-state index contributed by atoms with van der Waals surface area (Å²) in [6.07, 6.45) is 8.48. The lowest BCUT2D eigenvalue weighted by Crippen LogP contribution is -2.36. The number of carbonyl (C=O) groups excluding carboxylic acids is 1. The molecule has 0 saturated heterocycles. The summed E-state index contributed by atoms with van der Waals surface area (Å²) in [4.78, 5) is 12.1. The Bertz CT molecular complexity index is 389. The normalized spacial score (nSPS) is 51.4. The molecule has 4 saturated carbocycles. The molecule has 0 N–H and O–H groups in total. The van der Waals surface area contributed by atoms with Gasteiger partial charge in [0, 0.05) is 0 Å². The fraction of sp³-hybridized carbons (Fsp3) is 0.812. The van der Waals surface area contributed by atoms with Crippen LogP contribution in [-0.4, -0.2) is 12.6 Å². The molecule has 7 atom stereocenters. The number of rotatable bonds is 3. The zero-order valence-electron chi connectivity index (χ0n) is 10.9. The Morgan fingerprint density at radius 3 is 2.67 bits per heavy atom. The van der Waals surface area contributed by atoms with Gasteiger partial charge in [0.25, 0.3) is 0 Å². The van der Waals surface area contributed by atoms with Crippen LogP contribution in [0, 0.1) is 41.4 Å². The van der Waals surface area contributed by atoms with E-state index < -0.39 is 0 Å². The minimum absolute atomic E-state index is 0.0589. The second-order valence-corrected chi connectivity index (χ2v) is 6.91. The van der Waals surface area contributed by atoms with E-state index in [0.717, 1.165) is 36.0 Å². The summed E-state index contributed by atoms with van der Waals surface area (Å²) < 4.78 is 5.30. The highest BCUT2D eigenvalue weighted by Gasteiger charge is 2.63. The number of fused-ring (bicyclic) bond motifs is 9. The van der Waals surface area contributed by atoms with Crippen molar-refractivity contribution in [3.05, 3.63) is 12.7 Å². The summed E-state index contributed by atoms with van der Waals surface area (Å²) >= 11 is 0. The smallest absolute Gasteiger partial charge is 0.309 e. The molecule has 18 heavy (non-hydrogen) atoms. The first kappa shape index (κ1) is 11.1. The summed E-state index contributed by atoms with van der Waals surface area (Å²) in [5.74, 6) is 5.61. The molecule has 2 nitrogen and oxygen atoms in total. The van der Waals surface area contributed by atoms with Crippen molar-refractivity contribution >= 4 is 5.97 Å². The maximum absolute atomic E-state index is 12.1. The first-order chi connectivity index (χ1) is 8.79. The predicted octanol–water partition coefficient (Wildman–Crippen LogP) is 3.03. The van der Waals surface area contributed by atoms with E-state index >= 15 is 0 Å². The van der Waals surface area contributed by atoms with Gasteiger partial charge in [0.15, 0.2) is 0 Å². The average Bonchev–Trinajstić information content (AvgIpc) is 3.10. The fourth-order valence-corrected chi connectivity index (χ4v) is 6.08. The number of ether oxygens (including phenoxy) is 1. The molecule has 1 unspecified atom stereocenters. The number of hydrogen-bond acceptors (Lipinski definition) is 2. The highest BCUT2D eigenvalue weighted by Crippen LogP contribution is 2.68. The van der Waals surface area contributed by atoms with Gasteiger partial charge in [0.2, 0.25) is 0 Å². The van der Waals surface area contributed by atoms with Crippen molar-refractivity contribution in [2.75, 3.05) is 6.61 Å². The van der Waals surface area contributed by atoms with Crippen LogP contribution in [0.5, 0.6) is 0 Å². The summed E-state index contributed by atoms with van der Waals surface area (Å²) in [6.45, 7) is 4.00. The Balaban J connectivity index is 1.51. The topological polar surface area (TPSA) is 26.3 Å². The van der Waals surface area contributed by atoms with Crippen LogP contribution in [0.15, 0.2) is 12.7 Å². The van der Waals surface area contributed by atoms with Crippen LogP contribution in [0.1, 0.15) is 32.1 Å². The van der Waals surface area contributed by atoms with Gasteiger partial charge in [0.1, 0.15) is 6.61 Å². The minimum Gasteiger partial charge on any atom is -0.461 e. The van der Waals surface area contributed by atoms with Crippen LogP contribution >= 0.6 is 0 Å². The van der Waals surface area contributed by atoms with Gasteiger partial charge >= 0.3 is 5.97 Å². The summed E-state index contributed by atoms with van der Waals surface area (Å²) in [5.41, 5.74) is 0. The Kier molecular flexibility index (Phi) is 2.37. The van der Waals surface area contributed by atoms with Gasteiger partial charge < -0.3 is 4.74 Å².